The number of hydrogen-bond donors (Lipinski definition) is 2. The second-order valence-electron chi connectivity index (χ2n) is 6.91. The van der Waals surface area contributed by atoms with E-state index in [1.54, 1.807) is 0 Å². The van der Waals surface area contributed by atoms with Crippen LogP contribution >= 0.6 is 11.6 Å². The number of carbonyl (C=O) groups is 1. The predicted octanol–water partition coefficient (Wildman–Crippen LogP) is 2.37. The minimum atomic E-state index is -0.379. The maximum atomic E-state index is 13.2. The highest BCUT2D eigenvalue weighted by atomic mass is 35.5. The Morgan fingerprint density at radius 2 is 2.08 bits per heavy atom. The maximum Gasteiger partial charge on any atom is 0.266 e. The van der Waals surface area contributed by atoms with Crippen LogP contribution in [0, 0.1) is 18.8 Å². The molecule has 0 unspecified atom stereocenters. The summed E-state index contributed by atoms with van der Waals surface area (Å²) in [5.41, 5.74) is 2.44. The SMILES string of the molecule is Cc1ccccc1[C@@H]1[C@H]2CNC[C@H]2CN1C(=O)c1c[nH]c(=O)c(Cl)c1. The van der Waals surface area contributed by atoms with Gasteiger partial charge in [0.25, 0.3) is 11.5 Å². The molecule has 3 atom stereocenters. The molecule has 0 aliphatic carbocycles. The van der Waals surface area contributed by atoms with Crippen molar-refractivity contribution in [3.63, 3.8) is 0 Å². The number of fused-ring (bicyclic) bond motifs is 1. The molecule has 0 radical (unpaired) electrons. The quantitative estimate of drug-likeness (QED) is 0.867. The molecule has 2 aliphatic rings. The van der Waals surface area contributed by atoms with Crippen molar-refractivity contribution in [1.29, 1.82) is 0 Å². The summed E-state index contributed by atoms with van der Waals surface area (Å²) in [5, 5.41) is 3.49. The van der Waals surface area contributed by atoms with Gasteiger partial charge in [-0.2, -0.15) is 0 Å². The van der Waals surface area contributed by atoms with Gasteiger partial charge in [-0.15, -0.1) is 0 Å². The molecule has 25 heavy (non-hydrogen) atoms. The highest BCUT2D eigenvalue weighted by Crippen LogP contribution is 2.44. The lowest BCUT2D eigenvalue weighted by Crippen LogP contribution is -2.35. The number of aromatic amines is 1. The molecule has 2 aromatic rings. The number of aryl methyl sites for hydroxylation is 1. The lowest BCUT2D eigenvalue weighted by molar-refractivity contribution is 0.0713. The van der Waals surface area contributed by atoms with Crippen molar-refractivity contribution in [2.45, 2.75) is 13.0 Å². The largest absolute Gasteiger partial charge is 0.331 e. The number of nitrogens with zero attached hydrogens (tertiary/aromatic N) is 1. The summed E-state index contributed by atoms with van der Waals surface area (Å²) < 4.78 is 0. The molecule has 2 aliphatic heterocycles. The Hall–Kier alpha value is -2.11. The Kier molecular flexibility index (Phi) is 4.13. The van der Waals surface area contributed by atoms with Crippen molar-refractivity contribution in [1.82, 2.24) is 15.2 Å². The van der Waals surface area contributed by atoms with E-state index in [2.05, 4.69) is 29.4 Å². The second kappa shape index (κ2) is 6.32. The van der Waals surface area contributed by atoms with Crippen LogP contribution in [0.4, 0.5) is 0 Å². The van der Waals surface area contributed by atoms with Crippen molar-refractivity contribution in [2.24, 2.45) is 11.8 Å². The Morgan fingerprint density at radius 1 is 1.28 bits per heavy atom. The molecule has 4 rings (SSSR count). The Morgan fingerprint density at radius 3 is 2.84 bits per heavy atom. The standard InChI is InChI=1S/C19H20ClN3O2/c1-11-4-2-3-5-14(11)17-15-9-21-7-13(15)10-23(17)19(25)12-6-16(20)18(24)22-8-12/h2-6,8,13,15,17,21H,7,9-10H2,1H3,(H,22,24)/t13-,15-,17+/m0/s1. The molecule has 1 aromatic heterocycles. The number of rotatable bonds is 2. The number of H-pyrrole nitrogens is 1. The number of amides is 1. The minimum absolute atomic E-state index is 0.0411. The monoisotopic (exact) mass is 357 g/mol. The van der Waals surface area contributed by atoms with Crippen LogP contribution in [0.15, 0.2) is 41.3 Å². The molecule has 0 saturated carbocycles. The van der Waals surface area contributed by atoms with E-state index in [0.29, 0.717) is 23.9 Å². The van der Waals surface area contributed by atoms with E-state index in [9.17, 15) is 9.59 Å². The third kappa shape index (κ3) is 2.77. The number of hydrogen-bond acceptors (Lipinski definition) is 3. The van der Waals surface area contributed by atoms with Gasteiger partial charge in [-0.1, -0.05) is 35.9 Å². The Bertz CT molecular complexity index is 879. The third-order valence-corrected chi connectivity index (χ3v) is 5.72. The fourth-order valence-corrected chi connectivity index (χ4v) is 4.36. The van der Waals surface area contributed by atoms with Gasteiger partial charge in [0.1, 0.15) is 5.02 Å². The number of pyridine rings is 1. The molecule has 0 spiro atoms. The van der Waals surface area contributed by atoms with Crippen molar-refractivity contribution in [2.75, 3.05) is 19.6 Å². The zero-order valence-electron chi connectivity index (χ0n) is 14.0. The van der Waals surface area contributed by atoms with Gasteiger partial charge in [-0.05, 0) is 30.0 Å². The average Bonchev–Trinajstić information content (AvgIpc) is 3.18. The Balaban J connectivity index is 1.74. The highest BCUT2D eigenvalue weighted by Gasteiger charge is 2.47. The van der Waals surface area contributed by atoms with Crippen molar-refractivity contribution < 1.29 is 4.79 Å². The minimum Gasteiger partial charge on any atom is -0.331 e. The molecule has 2 fully saturated rings. The Labute approximate surface area is 151 Å². The summed E-state index contributed by atoms with van der Waals surface area (Å²) in [5.74, 6) is 0.774. The van der Waals surface area contributed by atoms with E-state index >= 15 is 0 Å². The summed E-state index contributed by atoms with van der Waals surface area (Å²) >= 11 is 5.91. The first-order chi connectivity index (χ1) is 12.1. The smallest absolute Gasteiger partial charge is 0.266 e. The molecule has 6 heteroatoms. The third-order valence-electron chi connectivity index (χ3n) is 5.44. The fourth-order valence-electron chi connectivity index (χ4n) is 4.19. The van der Waals surface area contributed by atoms with Crippen LogP contribution in [-0.4, -0.2) is 35.4 Å². The van der Waals surface area contributed by atoms with E-state index in [-0.39, 0.29) is 22.5 Å². The number of carbonyl (C=O) groups excluding carboxylic acids is 1. The van der Waals surface area contributed by atoms with E-state index in [0.717, 1.165) is 13.1 Å². The van der Waals surface area contributed by atoms with Crippen LogP contribution in [0.3, 0.4) is 0 Å². The summed E-state index contributed by atoms with van der Waals surface area (Å²) in [6, 6.07) is 9.75. The molecule has 0 bridgehead atoms. The predicted molar refractivity (Wildman–Crippen MR) is 96.9 cm³/mol. The molecular formula is C19H20ClN3O2. The zero-order chi connectivity index (χ0) is 17.6. The highest BCUT2D eigenvalue weighted by molar-refractivity contribution is 6.30. The van der Waals surface area contributed by atoms with Gasteiger partial charge in [0.15, 0.2) is 0 Å². The number of benzene rings is 1. The van der Waals surface area contributed by atoms with E-state index in [1.807, 2.05) is 17.0 Å². The first kappa shape index (κ1) is 16.4. The molecule has 2 saturated heterocycles. The van der Waals surface area contributed by atoms with Gasteiger partial charge >= 0.3 is 0 Å². The number of likely N-dealkylation sites (tertiary alicyclic amines) is 1. The lowest BCUT2D eigenvalue weighted by Gasteiger charge is -2.29. The summed E-state index contributed by atoms with van der Waals surface area (Å²) in [6.07, 6.45) is 1.46. The first-order valence-corrected chi connectivity index (χ1v) is 8.89. The van der Waals surface area contributed by atoms with E-state index in [4.69, 9.17) is 11.6 Å². The van der Waals surface area contributed by atoms with Gasteiger partial charge < -0.3 is 15.2 Å². The van der Waals surface area contributed by atoms with E-state index in [1.165, 1.54) is 23.4 Å². The normalized spacial score (nSPS) is 25.2. The zero-order valence-corrected chi connectivity index (χ0v) is 14.7. The van der Waals surface area contributed by atoms with Crippen LogP contribution < -0.4 is 10.9 Å². The van der Waals surface area contributed by atoms with Crippen LogP contribution in [0.5, 0.6) is 0 Å². The summed E-state index contributed by atoms with van der Waals surface area (Å²) in [4.78, 5) is 29.1. The molecular weight excluding hydrogens is 338 g/mol. The number of aromatic nitrogens is 1. The van der Waals surface area contributed by atoms with Gasteiger partial charge in [0.2, 0.25) is 0 Å². The lowest BCUT2D eigenvalue weighted by atomic mass is 9.87. The van der Waals surface area contributed by atoms with Gasteiger partial charge in [-0.3, -0.25) is 9.59 Å². The number of nitrogens with one attached hydrogen (secondary N) is 2. The molecule has 3 heterocycles. The first-order valence-electron chi connectivity index (χ1n) is 8.51. The van der Waals surface area contributed by atoms with Crippen LogP contribution in [0.2, 0.25) is 5.02 Å². The van der Waals surface area contributed by atoms with Crippen molar-refractivity contribution in [3.8, 4) is 0 Å². The molecule has 1 aromatic carbocycles. The van der Waals surface area contributed by atoms with Crippen molar-refractivity contribution >= 4 is 17.5 Å². The fraction of sp³-hybridized carbons (Fsp3) is 0.368. The van der Waals surface area contributed by atoms with Crippen molar-refractivity contribution in [3.05, 3.63) is 68.6 Å². The molecule has 5 nitrogen and oxygen atoms in total. The van der Waals surface area contributed by atoms with Crippen LogP contribution in [0.25, 0.3) is 0 Å². The van der Waals surface area contributed by atoms with Gasteiger partial charge in [0, 0.05) is 31.7 Å². The van der Waals surface area contributed by atoms with Gasteiger partial charge in [-0.25, -0.2) is 0 Å². The van der Waals surface area contributed by atoms with Crippen LogP contribution in [0.1, 0.15) is 27.5 Å². The second-order valence-corrected chi connectivity index (χ2v) is 7.31. The maximum absolute atomic E-state index is 13.2. The topological polar surface area (TPSA) is 65.2 Å². The molecule has 130 valence electrons. The number of halogens is 1. The van der Waals surface area contributed by atoms with Crippen LogP contribution in [-0.2, 0) is 0 Å². The average molecular weight is 358 g/mol. The summed E-state index contributed by atoms with van der Waals surface area (Å²) in [7, 11) is 0. The van der Waals surface area contributed by atoms with E-state index < -0.39 is 0 Å². The molecule has 1 amide bonds. The molecule has 2 N–H and O–H groups in total. The summed E-state index contributed by atoms with van der Waals surface area (Å²) in [6.45, 7) is 4.65. The van der Waals surface area contributed by atoms with Gasteiger partial charge in [0.05, 0.1) is 11.6 Å².